The van der Waals surface area contributed by atoms with Gasteiger partial charge in [-0.1, -0.05) is 43.2 Å². The Morgan fingerprint density at radius 2 is 1.93 bits per heavy atom. The maximum atomic E-state index is 13.7. The number of benzene rings is 1. The number of halogens is 1. The lowest BCUT2D eigenvalue weighted by molar-refractivity contribution is -0.0685. The molecule has 1 N–H and O–H groups in total. The minimum Gasteiger partial charge on any atom is -0.382 e. The van der Waals surface area contributed by atoms with Gasteiger partial charge in [0.2, 0.25) is 0 Å². The first-order chi connectivity index (χ1) is 6.73. The van der Waals surface area contributed by atoms with Gasteiger partial charge in [0.1, 0.15) is 11.8 Å². The third-order valence-electron chi connectivity index (χ3n) is 3.06. The molecule has 1 fully saturated rings. The average molecular weight is 194 g/mol. The van der Waals surface area contributed by atoms with Crippen molar-refractivity contribution in [2.45, 2.75) is 37.5 Å². The van der Waals surface area contributed by atoms with Gasteiger partial charge in [0.05, 0.1) is 0 Å². The standard InChI is InChI=1S/C12H15FO/c13-11-8-4-5-9-12(11,14)10-6-2-1-3-7-10/h1-3,6-7,11,14H,4-5,8-9H2/t11-,12-/m1/s1. The monoisotopic (exact) mass is 194 g/mol. The summed E-state index contributed by atoms with van der Waals surface area (Å²) in [7, 11) is 0. The molecule has 0 aliphatic heterocycles. The summed E-state index contributed by atoms with van der Waals surface area (Å²) in [4.78, 5) is 0. The lowest BCUT2D eigenvalue weighted by Crippen LogP contribution is -2.39. The molecule has 1 saturated carbocycles. The highest BCUT2D eigenvalue weighted by molar-refractivity contribution is 5.24. The van der Waals surface area contributed by atoms with Crippen LogP contribution in [0.2, 0.25) is 0 Å². The quantitative estimate of drug-likeness (QED) is 0.728. The molecule has 76 valence electrons. The Labute approximate surface area is 83.6 Å². The molecule has 0 amide bonds. The van der Waals surface area contributed by atoms with Crippen LogP contribution in [0.15, 0.2) is 30.3 Å². The van der Waals surface area contributed by atoms with Crippen LogP contribution in [0.4, 0.5) is 4.39 Å². The predicted molar refractivity (Wildman–Crippen MR) is 53.7 cm³/mol. The van der Waals surface area contributed by atoms with E-state index in [2.05, 4.69) is 0 Å². The van der Waals surface area contributed by atoms with E-state index < -0.39 is 11.8 Å². The second-order valence-electron chi connectivity index (χ2n) is 4.00. The van der Waals surface area contributed by atoms with Gasteiger partial charge in [0.25, 0.3) is 0 Å². The number of aliphatic hydroxyl groups is 1. The Morgan fingerprint density at radius 3 is 2.57 bits per heavy atom. The smallest absolute Gasteiger partial charge is 0.133 e. The lowest BCUT2D eigenvalue weighted by atomic mass is 9.78. The van der Waals surface area contributed by atoms with Crippen molar-refractivity contribution in [2.24, 2.45) is 0 Å². The maximum absolute atomic E-state index is 13.7. The van der Waals surface area contributed by atoms with E-state index in [0.717, 1.165) is 12.8 Å². The molecule has 2 heteroatoms. The number of rotatable bonds is 1. The molecule has 0 unspecified atom stereocenters. The van der Waals surface area contributed by atoms with Crippen LogP contribution in [-0.4, -0.2) is 11.3 Å². The van der Waals surface area contributed by atoms with E-state index in [1.807, 2.05) is 18.2 Å². The third kappa shape index (κ3) is 1.55. The van der Waals surface area contributed by atoms with Crippen molar-refractivity contribution < 1.29 is 9.50 Å². The molecule has 1 aromatic carbocycles. The summed E-state index contributed by atoms with van der Waals surface area (Å²) < 4.78 is 13.7. The highest BCUT2D eigenvalue weighted by Crippen LogP contribution is 2.38. The van der Waals surface area contributed by atoms with E-state index >= 15 is 0 Å². The molecular weight excluding hydrogens is 179 g/mol. The van der Waals surface area contributed by atoms with Gasteiger partial charge >= 0.3 is 0 Å². The normalized spacial score (nSPS) is 32.9. The molecular formula is C12H15FO. The average Bonchev–Trinajstić information content (AvgIpc) is 2.24. The highest BCUT2D eigenvalue weighted by Gasteiger charge is 2.40. The molecule has 0 saturated heterocycles. The van der Waals surface area contributed by atoms with Crippen LogP contribution in [0.3, 0.4) is 0 Å². The fraction of sp³-hybridized carbons (Fsp3) is 0.500. The number of hydrogen-bond acceptors (Lipinski definition) is 1. The van der Waals surface area contributed by atoms with Gasteiger partial charge in [-0.3, -0.25) is 0 Å². The fourth-order valence-electron chi connectivity index (χ4n) is 2.17. The Hall–Kier alpha value is -0.890. The zero-order chi connectivity index (χ0) is 10.0. The summed E-state index contributed by atoms with van der Waals surface area (Å²) >= 11 is 0. The van der Waals surface area contributed by atoms with Crippen LogP contribution in [0.1, 0.15) is 31.2 Å². The molecule has 2 atom stereocenters. The molecule has 14 heavy (non-hydrogen) atoms. The van der Waals surface area contributed by atoms with Crippen LogP contribution in [0, 0.1) is 0 Å². The molecule has 1 aliphatic carbocycles. The van der Waals surface area contributed by atoms with Gasteiger partial charge in [-0.15, -0.1) is 0 Å². The minimum atomic E-state index is -1.24. The molecule has 1 aliphatic rings. The third-order valence-corrected chi connectivity index (χ3v) is 3.06. The Morgan fingerprint density at radius 1 is 1.21 bits per heavy atom. The summed E-state index contributed by atoms with van der Waals surface area (Å²) in [5.41, 5.74) is -0.522. The van der Waals surface area contributed by atoms with E-state index in [4.69, 9.17) is 0 Å². The van der Waals surface area contributed by atoms with Gasteiger partial charge in [-0.25, -0.2) is 4.39 Å². The first-order valence-corrected chi connectivity index (χ1v) is 5.15. The van der Waals surface area contributed by atoms with E-state index in [1.165, 1.54) is 0 Å². The van der Waals surface area contributed by atoms with E-state index in [9.17, 15) is 9.50 Å². The van der Waals surface area contributed by atoms with Crippen molar-refractivity contribution in [3.05, 3.63) is 35.9 Å². The number of alkyl halides is 1. The second kappa shape index (κ2) is 3.70. The lowest BCUT2D eigenvalue weighted by Gasteiger charge is -2.35. The Bertz CT molecular complexity index is 298. The van der Waals surface area contributed by atoms with Crippen molar-refractivity contribution in [3.63, 3.8) is 0 Å². The molecule has 0 bridgehead atoms. The minimum absolute atomic E-state index is 0.478. The zero-order valence-electron chi connectivity index (χ0n) is 8.12. The SMILES string of the molecule is O[C@@]1(c2ccccc2)CCCC[C@H]1F. The van der Waals surface area contributed by atoms with Crippen molar-refractivity contribution in [1.29, 1.82) is 0 Å². The summed E-state index contributed by atoms with van der Waals surface area (Å²) in [6.45, 7) is 0. The van der Waals surface area contributed by atoms with Crippen LogP contribution < -0.4 is 0 Å². The molecule has 2 rings (SSSR count). The summed E-state index contributed by atoms with van der Waals surface area (Å²) in [5.74, 6) is 0. The molecule has 0 radical (unpaired) electrons. The predicted octanol–water partition coefficient (Wildman–Crippen LogP) is 2.79. The first kappa shape index (κ1) is 9.66. The second-order valence-corrected chi connectivity index (χ2v) is 4.00. The fourth-order valence-corrected chi connectivity index (χ4v) is 2.17. The van der Waals surface area contributed by atoms with Crippen molar-refractivity contribution >= 4 is 0 Å². The summed E-state index contributed by atoms with van der Waals surface area (Å²) in [6, 6.07) is 9.17. The van der Waals surface area contributed by atoms with Crippen molar-refractivity contribution in [1.82, 2.24) is 0 Å². The van der Waals surface area contributed by atoms with Gasteiger partial charge in [0.15, 0.2) is 0 Å². The van der Waals surface area contributed by atoms with Crippen LogP contribution in [0.25, 0.3) is 0 Å². The van der Waals surface area contributed by atoms with Crippen molar-refractivity contribution in [2.75, 3.05) is 0 Å². The number of hydrogen-bond donors (Lipinski definition) is 1. The topological polar surface area (TPSA) is 20.2 Å². The first-order valence-electron chi connectivity index (χ1n) is 5.15. The van der Waals surface area contributed by atoms with E-state index in [1.54, 1.807) is 12.1 Å². The largest absolute Gasteiger partial charge is 0.382 e. The van der Waals surface area contributed by atoms with E-state index in [-0.39, 0.29) is 0 Å². The van der Waals surface area contributed by atoms with Crippen molar-refractivity contribution in [3.8, 4) is 0 Å². The highest BCUT2D eigenvalue weighted by atomic mass is 19.1. The molecule has 1 aromatic rings. The van der Waals surface area contributed by atoms with Gasteiger partial charge < -0.3 is 5.11 Å². The molecule has 0 aromatic heterocycles. The molecule has 0 spiro atoms. The van der Waals surface area contributed by atoms with Gasteiger partial charge in [-0.2, -0.15) is 0 Å². The maximum Gasteiger partial charge on any atom is 0.133 e. The Balaban J connectivity index is 2.30. The zero-order valence-corrected chi connectivity index (χ0v) is 8.12. The summed E-state index contributed by atoms with van der Waals surface area (Å²) in [5, 5.41) is 10.2. The van der Waals surface area contributed by atoms with Gasteiger partial charge in [-0.05, 0) is 18.4 Å². The summed E-state index contributed by atoms with van der Waals surface area (Å²) in [6.07, 6.45) is 1.70. The van der Waals surface area contributed by atoms with Crippen LogP contribution >= 0.6 is 0 Å². The van der Waals surface area contributed by atoms with Crippen LogP contribution in [-0.2, 0) is 5.60 Å². The molecule has 0 heterocycles. The van der Waals surface area contributed by atoms with E-state index in [0.29, 0.717) is 18.4 Å². The van der Waals surface area contributed by atoms with Gasteiger partial charge in [0, 0.05) is 0 Å². The molecule has 1 nitrogen and oxygen atoms in total. The Kier molecular flexibility index (Phi) is 2.55. The van der Waals surface area contributed by atoms with Crippen LogP contribution in [0.5, 0.6) is 0 Å².